The molecular formula is C12H14BrF2NS. The Balaban J connectivity index is 1.98. The predicted molar refractivity (Wildman–Crippen MR) is 72.6 cm³/mol. The maximum atomic E-state index is 13.5. The van der Waals surface area contributed by atoms with Crippen molar-refractivity contribution < 1.29 is 8.78 Å². The number of anilines is 1. The molecule has 0 amide bonds. The fraction of sp³-hybridized carbons (Fsp3) is 0.500. The number of rotatable bonds is 3. The monoisotopic (exact) mass is 321 g/mol. The molecule has 0 aromatic heterocycles. The molecule has 1 heterocycles. The SMILES string of the molecule is Fc1cc(Br)cc(F)c1NCC1CCCSC1. The normalized spacial score (nSPS) is 20.3. The van der Waals surface area contributed by atoms with Crippen LogP contribution in [0.5, 0.6) is 0 Å². The van der Waals surface area contributed by atoms with E-state index in [-0.39, 0.29) is 5.69 Å². The van der Waals surface area contributed by atoms with Gasteiger partial charge in [-0.05, 0) is 42.4 Å². The molecule has 0 spiro atoms. The van der Waals surface area contributed by atoms with E-state index < -0.39 is 11.6 Å². The van der Waals surface area contributed by atoms with Gasteiger partial charge in [-0.15, -0.1) is 0 Å². The van der Waals surface area contributed by atoms with Crippen LogP contribution in [0.1, 0.15) is 12.8 Å². The molecule has 1 saturated heterocycles. The van der Waals surface area contributed by atoms with Crippen molar-refractivity contribution in [1.29, 1.82) is 0 Å². The highest BCUT2D eigenvalue weighted by atomic mass is 79.9. The molecule has 1 aliphatic heterocycles. The third-order valence-corrected chi connectivity index (χ3v) is 4.57. The Morgan fingerprint density at radius 3 is 2.65 bits per heavy atom. The first kappa shape index (κ1) is 13.1. The molecule has 0 saturated carbocycles. The summed E-state index contributed by atoms with van der Waals surface area (Å²) in [7, 11) is 0. The topological polar surface area (TPSA) is 12.0 Å². The van der Waals surface area contributed by atoms with Gasteiger partial charge in [0.15, 0.2) is 0 Å². The summed E-state index contributed by atoms with van der Waals surface area (Å²) in [5.41, 5.74) is -0.0104. The highest BCUT2D eigenvalue weighted by molar-refractivity contribution is 9.10. The second-order valence-corrected chi connectivity index (χ2v) is 6.27. The quantitative estimate of drug-likeness (QED) is 0.891. The first-order valence-electron chi connectivity index (χ1n) is 5.63. The van der Waals surface area contributed by atoms with Crippen LogP contribution >= 0.6 is 27.7 Å². The lowest BCUT2D eigenvalue weighted by Crippen LogP contribution is -2.21. The molecular weight excluding hydrogens is 308 g/mol. The molecule has 1 unspecified atom stereocenters. The van der Waals surface area contributed by atoms with E-state index in [0.717, 1.165) is 12.2 Å². The van der Waals surface area contributed by atoms with Crippen molar-refractivity contribution in [3.63, 3.8) is 0 Å². The van der Waals surface area contributed by atoms with Crippen molar-refractivity contribution in [3.8, 4) is 0 Å². The van der Waals surface area contributed by atoms with Crippen molar-refractivity contribution in [2.24, 2.45) is 5.92 Å². The number of hydrogen-bond acceptors (Lipinski definition) is 2. The minimum Gasteiger partial charge on any atom is -0.380 e. The molecule has 1 nitrogen and oxygen atoms in total. The van der Waals surface area contributed by atoms with Gasteiger partial charge in [0.1, 0.15) is 17.3 Å². The third-order valence-electron chi connectivity index (χ3n) is 2.83. The van der Waals surface area contributed by atoms with E-state index in [4.69, 9.17) is 0 Å². The van der Waals surface area contributed by atoms with Crippen LogP contribution in [0, 0.1) is 17.6 Å². The van der Waals surface area contributed by atoms with Crippen molar-refractivity contribution in [1.82, 2.24) is 0 Å². The van der Waals surface area contributed by atoms with Crippen LogP contribution in [-0.2, 0) is 0 Å². The first-order valence-corrected chi connectivity index (χ1v) is 7.57. The van der Waals surface area contributed by atoms with Crippen LogP contribution < -0.4 is 5.32 Å². The Bertz CT molecular complexity index is 371. The summed E-state index contributed by atoms with van der Waals surface area (Å²) < 4.78 is 27.5. The van der Waals surface area contributed by atoms with Crippen LogP contribution in [0.2, 0.25) is 0 Å². The van der Waals surface area contributed by atoms with Gasteiger partial charge in [-0.25, -0.2) is 8.78 Å². The molecule has 17 heavy (non-hydrogen) atoms. The van der Waals surface area contributed by atoms with Gasteiger partial charge in [0.2, 0.25) is 0 Å². The highest BCUT2D eigenvalue weighted by Gasteiger charge is 2.16. The van der Waals surface area contributed by atoms with Gasteiger partial charge in [0.25, 0.3) is 0 Å². The van der Waals surface area contributed by atoms with E-state index >= 15 is 0 Å². The van der Waals surface area contributed by atoms with E-state index in [0.29, 0.717) is 16.9 Å². The van der Waals surface area contributed by atoms with Crippen LogP contribution in [0.25, 0.3) is 0 Å². The maximum Gasteiger partial charge on any atom is 0.150 e. The molecule has 1 fully saturated rings. The zero-order valence-corrected chi connectivity index (χ0v) is 11.7. The molecule has 2 rings (SSSR count). The van der Waals surface area contributed by atoms with Crippen molar-refractivity contribution in [3.05, 3.63) is 28.2 Å². The lowest BCUT2D eigenvalue weighted by atomic mass is 10.1. The Hall–Kier alpha value is -0.290. The molecule has 1 N–H and O–H groups in total. The Labute approximate surface area is 112 Å². The van der Waals surface area contributed by atoms with Crippen LogP contribution in [0.3, 0.4) is 0 Å². The second-order valence-electron chi connectivity index (χ2n) is 4.21. The molecule has 5 heteroatoms. The Morgan fingerprint density at radius 2 is 2.06 bits per heavy atom. The number of thioether (sulfide) groups is 1. The summed E-state index contributed by atoms with van der Waals surface area (Å²) in [5, 5.41) is 2.89. The van der Waals surface area contributed by atoms with Crippen molar-refractivity contribution in [2.45, 2.75) is 12.8 Å². The van der Waals surface area contributed by atoms with Gasteiger partial charge in [0, 0.05) is 11.0 Å². The summed E-state index contributed by atoms with van der Waals surface area (Å²) in [4.78, 5) is 0. The summed E-state index contributed by atoms with van der Waals surface area (Å²) in [6, 6.07) is 2.56. The zero-order chi connectivity index (χ0) is 12.3. The molecule has 0 aliphatic carbocycles. The number of nitrogens with one attached hydrogen (secondary N) is 1. The van der Waals surface area contributed by atoms with Crippen LogP contribution in [0.4, 0.5) is 14.5 Å². The summed E-state index contributed by atoms with van der Waals surface area (Å²) in [5.74, 6) is 1.71. The van der Waals surface area contributed by atoms with Gasteiger partial charge < -0.3 is 5.32 Å². The van der Waals surface area contributed by atoms with Gasteiger partial charge in [-0.1, -0.05) is 15.9 Å². The molecule has 1 atom stereocenters. The summed E-state index contributed by atoms with van der Waals surface area (Å²) in [6.07, 6.45) is 2.34. The average molecular weight is 322 g/mol. The molecule has 0 bridgehead atoms. The minimum atomic E-state index is -0.541. The number of benzene rings is 1. The van der Waals surface area contributed by atoms with Crippen LogP contribution in [0.15, 0.2) is 16.6 Å². The molecule has 1 aliphatic rings. The number of hydrogen-bond donors (Lipinski definition) is 1. The van der Waals surface area contributed by atoms with E-state index in [9.17, 15) is 8.78 Å². The van der Waals surface area contributed by atoms with Crippen LogP contribution in [-0.4, -0.2) is 18.1 Å². The van der Waals surface area contributed by atoms with Crippen molar-refractivity contribution in [2.75, 3.05) is 23.4 Å². The summed E-state index contributed by atoms with van der Waals surface area (Å²) >= 11 is 4.98. The smallest absolute Gasteiger partial charge is 0.150 e. The molecule has 94 valence electrons. The third kappa shape index (κ3) is 3.58. The molecule has 1 aromatic carbocycles. The lowest BCUT2D eigenvalue weighted by Gasteiger charge is -2.22. The van der Waals surface area contributed by atoms with Crippen molar-refractivity contribution >= 4 is 33.4 Å². The van der Waals surface area contributed by atoms with E-state index in [1.54, 1.807) is 0 Å². The minimum absolute atomic E-state index is 0.0104. The molecule has 1 aromatic rings. The largest absolute Gasteiger partial charge is 0.380 e. The van der Waals surface area contributed by atoms with E-state index in [1.165, 1.54) is 24.3 Å². The van der Waals surface area contributed by atoms with E-state index in [1.807, 2.05) is 11.8 Å². The van der Waals surface area contributed by atoms with Gasteiger partial charge in [-0.2, -0.15) is 11.8 Å². The van der Waals surface area contributed by atoms with Gasteiger partial charge in [0.05, 0.1) is 0 Å². The highest BCUT2D eigenvalue weighted by Crippen LogP contribution is 2.26. The Morgan fingerprint density at radius 1 is 1.35 bits per heavy atom. The second kappa shape index (κ2) is 6.05. The first-order chi connectivity index (χ1) is 8.16. The maximum absolute atomic E-state index is 13.5. The zero-order valence-electron chi connectivity index (χ0n) is 9.31. The fourth-order valence-electron chi connectivity index (χ4n) is 1.93. The predicted octanol–water partition coefficient (Wildman–Crippen LogP) is 4.28. The summed E-state index contributed by atoms with van der Waals surface area (Å²) in [6.45, 7) is 0.641. The molecule has 0 radical (unpaired) electrons. The fourth-order valence-corrected chi connectivity index (χ4v) is 3.48. The lowest BCUT2D eigenvalue weighted by molar-refractivity contribution is 0.539. The standard InChI is InChI=1S/C12H14BrF2NS/c13-9-4-10(14)12(11(15)5-9)16-6-8-2-1-3-17-7-8/h4-5,8,16H,1-3,6-7H2. The number of halogens is 3. The van der Waals surface area contributed by atoms with Gasteiger partial charge in [-0.3, -0.25) is 0 Å². The van der Waals surface area contributed by atoms with E-state index in [2.05, 4.69) is 21.2 Å². The average Bonchev–Trinajstić information content (AvgIpc) is 2.29. The van der Waals surface area contributed by atoms with Gasteiger partial charge >= 0.3 is 0 Å². The Kier molecular flexibility index (Phi) is 4.68.